The Hall–Kier alpha value is -0.570. The summed E-state index contributed by atoms with van der Waals surface area (Å²) in [6.45, 7) is 6.54. The Labute approximate surface area is 116 Å². The molecule has 0 amide bonds. The Morgan fingerprint density at radius 3 is 2.33 bits per heavy atom. The van der Waals surface area contributed by atoms with Gasteiger partial charge < -0.3 is 10.0 Å². The number of nitrogens with zero attached hydrogens (tertiary/aromatic N) is 1. The number of hydrogen-bond acceptors (Lipinski definition) is 2. The smallest absolute Gasteiger partial charge is 0.0473 e. The number of hydrogen-bond donors (Lipinski definition) is 1. The maximum absolute atomic E-state index is 9.32. The second kappa shape index (κ2) is 7.78. The van der Waals surface area contributed by atoms with Crippen molar-refractivity contribution in [3.8, 4) is 0 Å². The fourth-order valence-corrected chi connectivity index (χ4v) is 2.07. The van der Waals surface area contributed by atoms with Crippen LogP contribution in [0.5, 0.6) is 0 Å². The van der Waals surface area contributed by atoms with Crippen molar-refractivity contribution >= 4 is 11.6 Å². The lowest BCUT2D eigenvalue weighted by Gasteiger charge is -2.25. The number of likely N-dealkylation sites (N-methyl/N-ethyl adjacent to an activating group) is 1. The second-order valence-corrected chi connectivity index (χ2v) is 5.76. The van der Waals surface area contributed by atoms with E-state index in [-0.39, 0.29) is 6.61 Å². The molecule has 3 heteroatoms. The molecule has 0 radical (unpaired) electrons. The molecule has 1 rings (SSSR count). The zero-order valence-corrected chi connectivity index (χ0v) is 12.3. The minimum Gasteiger partial charge on any atom is -0.396 e. The van der Waals surface area contributed by atoms with E-state index in [2.05, 4.69) is 37.9 Å². The number of halogens is 1. The standard InChI is InChI=1S/C15H24ClNO/c1-12(2)14(11-18)10-17(3)9-8-13-4-6-15(16)7-5-13/h4-7,12,14,18H,8-11H2,1-3H3. The molecule has 18 heavy (non-hydrogen) atoms. The van der Waals surface area contributed by atoms with E-state index in [0.29, 0.717) is 11.8 Å². The Kier molecular flexibility index (Phi) is 6.69. The van der Waals surface area contributed by atoms with Crippen LogP contribution in [0.15, 0.2) is 24.3 Å². The van der Waals surface area contributed by atoms with Crippen LogP contribution in [-0.2, 0) is 6.42 Å². The highest BCUT2D eigenvalue weighted by Crippen LogP contribution is 2.13. The first kappa shape index (κ1) is 15.5. The van der Waals surface area contributed by atoms with E-state index in [4.69, 9.17) is 11.6 Å². The Morgan fingerprint density at radius 1 is 1.22 bits per heavy atom. The summed E-state index contributed by atoms with van der Waals surface area (Å²) in [4.78, 5) is 2.29. The molecule has 0 aliphatic rings. The number of rotatable bonds is 7. The van der Waals surface area contributed by atoms with Gasteiger partial charge in [-0.3, -0.25) is 0 Å². The Morgan fingerprint density at radius 2 is 1.83 bits per heavy atom. The third-order valence-electron chi connectivity index (χ3n) is 3.42. The van der Waals surface area contributed by atoms with Crippen LogP contribution < -0.4 is 0 Å². The van der Waals surface area contributed by atoms with Crippen LogP contribution in [0.2, 0.25) is 5.02 Å². The normalized spacial score (nSPS) is 13.3. The lowest BCUT2D eigenvalue weighted by Crippen LogP contribution is -2.32. The summed E-state index contributed by atoms with van der Waals surface area (Å²) < 4.78 is 0. The summed E-state index contributed by atoms with van der Waals surface area (Å²) >= 11 is 5.86. The van der Waals surface area contributed by atoms with Crippen LogP contribution in [0, 0.1) is 11.8 Å². The summed E-state index contributed by atoms with van der Waals surface area (Å²) in [7, 11) is 2.11. The van der Waals surface area contributed by atoms with Gasteiger partial charge >= 0.3 is 0 Å². The highest BCUT2D eigenvalue weighted by Gasteiger charge is 2.14. The van der Waals surface area contributed by atoms with Gasteiger partial charge in [-0.1, -0.05) is 37.6 Å². The van der Waals surface area contributed by atoms with Gasteiger partial charge in [-0.25, -0.2) is 0 Å². The molecule has 2 nitrogen and oxygen atoms in total. The van der Waals surface area contributed by atoms with Gasteiger partial charge in [0.25, 0.3) is 0 Å². The summed E-state index contributed by atoms with van der Waals surface area (Å²) in [6, 6.07) is 8.01. The van der Waals surface area contributed by atoms with Crippen molar-refractivity contribution in [3.05, 3.63) is 34.9 Å². The largest absolute Gasteiger partial charge is 0.396 e. The first-order valence-electron chi connectivity index (χ1n) is 6.56. The van der Waals surface area contributed by atoms with E-state index in [0.717, 1.165) is 24.5 Å². The molecule has 0 spiro atoms. The van der Waals surface area contributed by atoms with Gasteiger partial charge in [-0.05, 0) is 43.0 Å². The average Bonchev–Trinajstić information content (AvgIpc) is 2.35. The molecule has 0 saturated carbocycles. The van der Waals surface area contributed by atoms with Crippen LogP contribution >= 0.6 is 11.6 Å². The monoisotopic (exact) mass is 269 g/mol. The van der Waals surface area contributed by atoms with E-state index >= 15 is 0 Å². The fraction of sp³-hybridized carbons (Fsp3) is 0.600. The number of benzene rings is 1. The van der Waals surface area contributed by atoms with Crippen molar-refractivity contribution in [3.63, 3.8) is 0 Å². The fourth-order valence-electron chi connectivity index (χ4n) is 1.94. The van der Waals surface area contributed by atoms with Crippen molar-refractivity contribution in [2.45, 2.75) is 20.3 Å². The zero-order chi connectivity index (χ0) is 13.5. The van der Waals surface area contributed by atoms with Gasteiger partial charge in [-0.2, -0.15) is 0 Å². The quantitative estimate of drug-likeness (QED) is 0.822. The maximum Gasteiger partial charge on any atom is 0.0473 e. The highest BCUT2D eigenvalue weighted by atomic mass is 35.5. The number of aliphatic hydroxyl groups excluding tert-OH is 1. The van der Waals surface area contributed by atoms with E-state index in [1.165, 1.54) is 5.56 Å². The molecular weight excluding hydrogens is 246 g/mol. The zero-order valence-electron chi connectivity index (χ0n) is 11.6. The molecule has 0 aromatic heterocycles. The third kappa shape index (κ3) is 5.38. The molecule has 0 bridgehead atoms. The SMILES string of the molecule is CC(C)C(CO)CN(C)CCc1ccc(Cl)cc1. The first-order chi connectivity index (χ1) is 8.52. The molecule has 1 unspecified atom stereocenters. The Balaban J connectivity index is 2.36. The molecule has 0 aliphatic heterocycles. The second-order valence-electron chi connectivity index (χ2n) is 5.33. The molecule has 0 heterocycles. The molecule has 1 N–H and O–H groups in total. The molecule has 0 fully saturated rings. The molecule has 102 valence electrons. The summed E-state index contributed by atoms with van der Waals surface area (Å²) in [5.74, 6) is 0.883. The van der Waals surface area contributed by atoms with Crippen molar-refractivity contribution in [1.29, 1.82) is 0 Å². The average molecular weight is 270 g/mol. The molecule has 0 saturated heterocycles. The summed E-state index contributed by atoms with van der Waals surface area (Å²) in [5.41, 5.74) is 1.30. The van der Waals surface area contributed by atoms with E-state index < -0.39 is 0 Å². The van der Waals surface area contributed by atoms with Crippen molar-refractivity contribution in [1.82, 2.24) is 4.90 Å². The lowest BCUT2D eigenvalue weighted by atomic mass is 9.96. The van der Waals surface area contributed by atoms with Gasteiger partial charge in [0.15, 0.2) is 0 Å². The van der Waals surface area contributed by atoms with Gasteiger partial charge in [0.2, 0.25) is 0 Å². The molecule has 1 atom stereocenters. The lowest BCUT2D eigenvalue weighted by molar-refractivity contribution is 0.147. The van der Waals surface area contributed by atoms with Crippen LogP contribution in [0.3, 0.4) is 0 Å². The van der Waals surface area contributed by atoms with Gasteiger partial charge in [0.05, 0.1) is 0 Å². The van der Waals surface area contributed by atoms with Crippen molar-refractivity contribution in [2.75, 3.05) is 26.7 Å². The predicted octanol–water partition coefficient (Wildman–Crippen LogP) is 3.08. The molecule has 1 aromatic rings. The predicted molar refractivity (Wildman–Crippen MR) is 78.1 cm³/mol. The van der Waals surface area contributed by atoms with E-state index in [9.17, 15) is 5.11 Å². The third-order valence-corrected chi connectivity index (χ3v) is 3.67. The Bertz CT molecular complexity index is 337. The van der Waals surface area contributed by atoms with Crippen LogP contribution in [0.4, 0.5) is 0 Å². The van der Waals surface area contributed by atoms with Crippen molar-refractivity contribution < 1.29 is 5.11 Å². The topological polar surface area (TPSA) is 23.5 Å². The van der Waals surface area contributed by atoms with E-state index in [1.54, 1.807) is 0 Å². The van der Waals surface area contributed by atoms with Gasteiger partial charge in [0, 0.05) is 24.7 Å². The number of aliphatic hydroxyl groups is 1. The minimum atomic E-state index is 0.267. The summed E-state index contributed by atoms with van der Waals surface area (Å²) in [5, 5.41) is 10.1. The molecular formula is C15H24ClNO. The van der Waals surface area contributed by atoms with Crippen LogP contribution in [-0.4, -0.2) is 36.8 Å². The first-order valence-corrected chi connectivity index (χ1v) is 6.94. The van der Waals surface area contributed by atoms with Crippen molar-refractivity contribution in [2.24, 2.45) is 11.8 Å². The minimum absolute atomic E-state index is 0.267. The van der Waals surface area contributed by atoms with Crippen LogP contribution in [0.1, 0.15) is 19.4 Å². The van der Waals surface area contributed by atoms with Crippen LogP contribution in [0.25, 0.3) is 0 Å². The van der Waals surface area contributed by atoms with E-state index in [1.807, 2.05) is 12.1 Å². The van der Waals surface area contributed by atoms with Gasteiger partial charge in [-0.15, -0.1) is 0 Å². The summed E-state index contributed by atoms with van der Waals surface area (Å²) in [6.07, 6.45) is 1.02. The van der Waals surface area contributed by atoms with Gasteiger partial charge in [0.1, 0.15) is 0 Å². The highest BCUT2D eigenvalue weighted by molar-refractivity contribution is 6.30. The maximum atomic E-state index is 9.32. The molecule has 1 aromatic carbocycles. The molecule has 0 aliphatic carbocycles.